The van der Waals surface area contributed by atoms with Crippen molar-refractivity contribution in [2.24, 2.45) is 0 Å². The predicted molar refractivity (Wildman–Crippen MR) is 113 cm³/mol. The normalized spacial score (nSPS) is 14.8. The van der Waals surface area contributed by atoms with Crippen LogP contribution in [0.1, 0.15) is 31.7 Å². The summed E-state index contributed by atoms with van der Waals surface area (Å²) < 4.78 is 3.15. The smallest absolute Gasteiger partial charge is 0.278 e. The minimum Gasteiger partial charge on any atom is -0.284 e. The lowest BCUT2D eigenvalue weighted by molar-refractivity contribution is 0.457. The van der Waals surface area contributed by atoms with E-state index in [2.05, 4.69) is 10.3 Å². The molecule has 0 atom stereocenters. The highest BCUT2D eigenvalue weighted by molar-refractivity contribution is 7.98. The number of fused-ring (bicyclic) bond motifs is 2. The molecule has 0 aliphatic heterocycles. The third-order valence-corrected chi connectivity index (χ3v) is 6.33. The van der Waals surface area contributed by atoms with Crippen LogP contribution >= 0.6 is 11.8 Å². The van der Waals surface area contributed by atoms with Crippen molar-refractivity contribution in [3.8, 4) is 0 Å². The van der Waals surface area contributed by atoms with Crippen LogP contribution in [-0.2, 0) is 5.88 Å². The van der Waals surface area contributed by atoms with Crippen molar-refractivity contribution in [2.75, 3.05) is 0 Å². The van der Waals surface area contributed by atoms with Crippen LogP contribution in [0.3, 0.4) is 0 Å². The summed E-state index contributed by atoms with van der Waals surface area (Å²) in [6.45, 7) is 0. The monoisotopic (exact) mass is 405 g/mol. The van der Waals surface area contributed by atoms with Crippen LogP contribution in [0.25, 0.3) is 21.8 Å². The molecule has 0 unspecified atom stereocenters. The lowest BCUT2D eigenvalue weighted by atomic mass is 10.2. The van der Waals surface area contributed by atoms with Gasteiger partial charge in [-0.3, -0.25) is 14.2 Å². The van der Waals surface area contributed by atoms with E-state index in [1.165, 1.54) is 16.4 Å². The molecule has 1 aliphatic rings. The molecule has 5 rings (SSSR count). The van der Waals surface area contributed by atoms with Gasteiger partial charge in [-0.1, -0.05) is 54.1 Å². The van der Waals surface area contributed by atoms with E-state index >= 15 is 0 Å². The highest BCUT2D eigenvalue weighted by Crippen LogP contribution is 2.32. The molecule has 2 heterocycles. The van der Waals surface area contributed by atoms with Crippen LogP contribution in [0.2, 0.25) is 0 Å². The molecule has 7 nitrogen and oxygen atoms in total. The van der Waals surface area contributed by atoms with E-state index in [4.69, 9.17) is 4.98 Å². The van der Waals surface area contributed by atoms with E-state index in [-0.39, 0.29) is 23.0 Å². The first-order valence-corrected chi connectivity index (χ1v) is 10.7. The fraction of sp³-hybridized carbons (Fsp3) is 0.286. The van der Waals surface area contributed by atoms with Gasteiger partial charge in [0.05, 0.1) is 22.2 Å². The van der Waals surface area contributed by atoms with Crippen molar-refractivity contribution in [1.29, 1.82) is 0 Å². The van der Waals surface area contributed by atoms with Gasteiger partial charge in [0.15, 0.2) is 5.16 Å². The van der Waals surface area contributed by atoms with Crippen LogP contribution in [0.15, 0.2) is 63.3 Å². The second-order valence-electron chi connectivity index (χ2n) is 7.21. The zero-order chi connectivity index (χ0) is 19.8. The van der Waals surface area contributed by atoms with E-state index in [9.17, 15) is 9.59 Å². The molecular weight excluding hydrogens is 386 g/mol. The largest absolute Gasteiger partial charge is 0.284 e. The van der Waals surface area contributed by atoms with E-state index in [1.54, 1.807) is 12.1 Å². The van der Waals surface area contributed by atoms with E-state index < -0.39 is 0 Å². The number of rotatable bonds is 4. The summed E-state index contributed by atoms with van der Waals surface area (Å²) in [5, 5.41) is 9.97. The van der Waals surface area contributed by atoms with Crippen LogP contribution in [0.5, 0.6) is 0 Å². The Morgan fingerprint density at radius 2 is 1.55 bits per heavy atom. The van der Waals surface area contributed by atoms with Crippen LogP contribution in [0, 0.1) is 0 Å². The molecule has 1 saturated carbocycles. The molecular formula is C21H19N5O2S. The average molecular weight is 405 g/mol. The Kier molecular flexibility index (Phi) is 4.63. The maximum absolute atomic E-state index is 13.2. The Bertz CT molecular complexity index is 1320. The second-order valence-corrected chi connectivity index (χ2v) is 8.12. The molecule has 0 saturated heterocycles. The van der Waals surface area contributed by atoms with Crippen molar-refractivity contribution in [2.45, 2.75) is 42.8 Å². The minimum atomic E-state index is -0.196. The fourth-order valence-corrected chi connectivity index (χ4v) is 4.88. The first-order valence-electron chi connectivity index (χ1n) is 9.69. The Labute approximate surface area is 170 Å². The van der Waals surface area contributed by atoms with Gasteiger partial charge in [0.1, 0.15) is 5.52 Å². The summed E-state index contributed by atoms with van der Waals surface area (Å²) in [7, 11) is 0. The average Bonchev–Trinajstić information content (AvgIpc) is 3.28. The number of para-hydroxylation sites is 1. The zero-order valence-electron chi connectivity index (χ0n) is 15.7. The van der Waals surface area contributed by atoms with Gasteiger partial charge in [0.25, 0.3) is 11.1 Å². The molecule has 0 spiro atoms. The number of hydrogen-bond donors (Lipinski definition) is 0. The Morgan fingerprint density at radius 1 is 0.897 bits per heavy atom. The molecule has 146 valence electrons. The molecule has 0 amide bonds. The van der Waals surface area contributed by atoms with Gasteiger partial charge < -0.3 is 0 Å². The number of benzene rings is 2. The first-order chi connectivity index (χ1) is 14.2. The number of hydrogen-bond acceptors (Lipinski definition) is 6. The summed E-state index contributed by atoms with van der Waals surface area (Å²) in [4.78, 5) is 30.7. The molecule has 0 bridgehead atoms. The van der Waals surface area contributed by atoms with E-state index in [0.29, 0.717) is 27.0 Å². The quantitative estimate of drug-likeness (QED) is 0.382. The third kappa shape index (κ3) is 3.23. The lowest BCUT2D eigenvalue weighted by Gasteiger charge is -2.18. The standard InChI is InChI=1S/C21H19N5O2S/c27-19-16-10-4-6-12-18(16)23-24-25(19)13-29-21-22-17-11-5-3-9-15(17)20(28)26(21)14-7-1-2-8-14/h3-6,9-12,14H,1-2,7-8,13H2. The van der Waals surface area contributed by atoms with Crippen molar-refractivity contribution >= 4 is 33.6 Å². The highest BCUT2D eigenvalue weighted by Gasteiger charge is 2.23. The van der Waals surface area contributed by atoms with Crippen molar-refractivity contribution in [3.63, 3.8) is 0 Å². The van der Waals surface area contributed by atoms with Crippen LogP contribution in [0.4, 0.5) is 0 Å². The SMILES string of the molecule is O=c1c2ccccc2nnn1CSc1nc2ccccc2c(=O)n1C1CCCC1. The van der Waals surface area contributed by atoms with Crippen molar-refractivity contribution in [1.82, 2.24) is 24.5 Å². The predicted octanol–water partition coefficient (Wildman–Crippen LogP) is 3.37. The molecule has 8 heteroatoms. The van der Waals surface area contributed by atoms with Gasteiger partial charge in [-0.15, -0.1) is 5.10 Å². The van der Waals surface area contributed by atoms with Gasteiger partial charge in [-0.25, -0.2) is 4.98 Å². The van der Waals surface area contributed by atoms with Gasteiger partial charge >= 0.3 is 0 Å². The Balaban J connectivity index is 1.56. The van der Waals surface area contributed by atoms with E-state index in [0.717, 1.165) is 25.7 Å². The number of aromatic nitrogens is 5. The Hall–Kier alpha value is -3.00. The number of nitrogens with zero attached hydrogens (tertiary/aromatic N) is 5. The summed E-state index contributed by atoms with van der Waals surface area (Å²) >= 11 is 1.35. The van der Waals surface area contributed by atoms with Gasteiger partial charge in [-0.05, 0) is 37.1 Å². The maximum Gasteiger partial charge on any atom is 0.278 e. The molecule has 1 fully saturated rings. The summed E-state index contributed by atoms with van der Waals surface area (Å²) in [5.41, 5.74) is 1.04. The molecule has 1 aliphatic carbocycles. The lowest BCUT2D eigenvalue weighted by Crippen LogP contribution is -2.27. The number of thioether (sulfide) groups is 1. The topological polar surface area (TPSA) is 82.7 Å². The minimum absolute atomic E-state index is 0.0121. The van der Waals surface area contributed by atoms with Crippen molar-refractivity contribution in [3.05, 3.63) is 69.2 Å². The highest BCUT2D eigenvalue weighted by atomic mass is 32.2. The fourth-order valence-electron chi connectivity index (χ4n) is 3.94. The molecule has 29 heavy (non-hydrogen) atoms. The molecule has 4 aromatic rings. The first kappa shape index (κ1) is 18.1. The molecule has 2 aromatic carbocycles. The maximum atomic E-state index is 13.2. The van der Waals surface area contributed by atoms with E-state index in [1.807, 2.05) is 41.0 Å². The van der Waals surface area contributed by atoms with Crippen molar-refractivity contribution < 1.29 is 0 Å². The summed E-state index contributed by atoms with van der Waals surface area (Å²) in [6, 6.07) is 14.7. The second kappa shape index (κ2) is 7.44. The third-order valence-electron chi connectivity index (χ3n) is 5.41. The summed E-state index contributed by atoms with van der Waals surface area (Å²) in [5.74, 6) is 0.244. The van der Waals surface area contributed by atoms with Crippen LogP contribution in [-0.4, -0.2) is 24.5 Å². The van der Waals surface area contributed by atoms with Gasteiger partial charge in [0.2, 0.25) is 0 Å². The molecule has 0 N–H and O–H groups in total. The van der Waals surface area contributed by atoms with Gasteiger partial charge in [0, 0.05) is 6.04 Å². The zero-order valence-corrected chi connectivity index (χ0v) is 16.5. The van der Waals surface area contributed by atoms with Gasteiger partial charge in [-0.2, -0.15) is 4.68 Å². The summed E-state index contributed by atoms with van der Waals surface area (Å²) in [6.07, 6.45) is 4.18. The Morgan fingerprint density at radius 3 is 2.31 bits per heavy atom. The molecule has 0 radical (unpaired) electrons. The van der Waals surface area contributed by atoms with Crippen LogP contribution < -0.4 is 11.1 Å². The molecule has 2 aromatic heterocycles.